The molecule has 5 rings (SSSR count). The van der Waals surface area contributed by atoms with E-state index in [2.05, 4.69) is 27.2 Å². The molecule has 1 saturated heterocycles. The van der Waals surface area contributed by atoms with Crippen molar-refractivity contribution in [2.75, 3.05) is 39.2 Å². The zero-order valence-electron chi connectivity index (χ0n) is 21.7. The summed E-state index contributed by atoms with van der Waals surface area (Å²) >= 11 is 0. The highest BCUT2D eigenvalue weighted by Crippen LogP contribution is 2.54. The average molecular weight is 513 g/mol. The van der Waals surface area contributed by atoms with Crippen LogP contribution in [-0.4, -0.2) is 59.9 Å². The van der Waals surface area contributed by atoms with Gasteiger partial charge >= 0.3 is 0 Å². The van der Waals surface area contributed by atoms with Gasteiger partial charge in [0.05, 0.1) is 12.6 Å². The first kappa shape index (κ1) is 25.6. The molecule has 9 heteroatoms. The highest BCUT2D eigenvalue weighted by atomic mass is 19.3. The highest BCUT2D eigenvalue weighted by molar-refractivity contribution is 5.92. The quantitative estimate of drug-likeness (QED) is 0.415. The Labute approximate surface area is 215 Å². The van der Waals surface area contributed by atoms with E-state index in [0.29, 0.717) is 52.3 Å². The molecule has 2 atom stereocenters. The van der Waals surface area contributed by atoms with Crippen molar-refractivity contribution in [1.82, 2.24) is 14.9 Å². The normalized spacial score (nSPS) is 19.8. The predicted octanol–water partition coefficient (Wildman–Crippen LogP) is 5.07. The molecule has 1 saturated carbocycles. The fourth-order valence-electron chi connectivity index (χ4n) is 5.34. The summed E-state index contributed by atoms with van der Waals surface area (Å²) < 4.78 is 40.1. The Bertz CT molecular complexity index is 1300. The molecule has 2 heterocycles. The molecular weight excluding hydrogens is 478 g/mol. The second-order valence-electron chi connectivity index (χ2n) is 10.6. The third-order valence-corrected chi connectivity index (χ3v) is 7.72. The number of hydrogen-bond donors (Lipinski definition) is 2. The van der Waals surface area contributed by atoms with Crippen molar-refractivity contribution in [1.29, 1.82) is 0 Å². The molecule has 3 aromatic rings. The van der Waals surface area contributed by atoms with Crippen LogP contribution in [0.3, 0.4) is 0 Å². The molecule has 37 heavy (non-hydrogen) atoms. The molecule has 1 spiro atoms. The summed E-state index contributed by atoms with van der Waals surface area (Å²) in [7, 11) is 3.77. The van der Waals surface area contributed by atoms with Crippen LogP contribution in [0.4, 0.5) is 14.6 Å². The molecule has 0 bridgehead atoms. The number of rotatable bonds is 9. The minimum atomic E-state index is -3.30. The first-order valence-electron chi connectivity index (χ1n) is 12.7. The maximum Gasteiger partial charge on any atom is 0.295 e. The van der Waals surface area contributed by atoms with Crippen molar-refractivity contribution in [3.63, 3.8) is 0 Å². The lowest BCUT2D eigenvalue weighted by molar-refractivity contribution is -0.0556. The number of halogens is 2. The predicted molar refractivity (Wildman–Crippen MR) is 138 cm³/mol. The second kappa shape index (κ2) is 9.68. The van der Waals surface area contributed by atoms with Gasteiger partial charge in [0, 0.05) is 35.6 Å². The molecule has 2 fully saturated rings. The average Bonchev–Trinajstić information content (AvgIpc) is 3.56. The number of ether oxygens (including phenoxy) is 2. The van der Waals surface area contributed by atoms with E-state index < -0.39 is 12.5 Å². The zero-order chi connectivity index (χ0) is 26.4. The summed E-state index contributed by atoms with van der Waals surface area (Å²) in [5, 5.41) is 13.2. The van der Waals surface area contributed by atoms with Crippen molar-refractivity contribution in [2.24, 2.45) is 5.41 Å². The summed E-state index contributed by atoms with van der Waals surface area (Å²) in [5.74, 6) is -0.931. The number of alkyl halides is 2. The summed E-state index contributed by atoms with van der Waals surface area (Å²) in [5.41, 5.74) is 1.61. The van der Waals surface area contributed by atoms with Gasteiger partial charge in [-0.2, -0.15) is 8.78 Å². The number of methoxy groups -OCH3 is 1. The summed E-state index contributed by atoms with van der Waals surface area (Å²) in [4.78, 5) is 11.6. The van der Waals surface area contributed by atoms with E-state index in [4.69, 9.17) is 14.6 Å². The van der Waals surface area contributed by atoms with Gasteiger partial charge in [-0.25, -0.2) is 9.97 Å². The molecule has 1 aliphatic carbocycles. The van der Waals surface area contributed by atoms with E-state index >= 15 is 0 Å². The SMILES string of the molecule is COc1cc2nc(C)nc(N[C@H](C)c3cccc(C(F)(F)CO)c3)c2cc1OC[C@@H]1CC2(CC2)CN1C. The van der Waals surface area contributed by atoms with Crippen LogP contribution in [0, 0.1) is 12.3 Å². The number of anilines is 1. The van der Waals surface area contributed by atoms with Gasteiger partial charge in [0.25, 0.3) is 5.92 Å². The highest BCUT2D eigenvalue weighted by Gasteiger charge is 2.50. The largest absolute Gasteiger partial charge is 0.493 e. The Balaban J connectivity index is 1.42. The van der Waals surface area contributed by atoms with E-state index in [0.717, 1.165) is 18.4 Å². The molecular formula is C28H34F2N4O3. The minimum Gasteiger partial charge on any atom is -0.493 e. The van der Waals surface area contributed by atoms with Gasteiger partial charge in [-0.1, -0.05) is 18.2 Å². The molecule has 0 amide bonds. The van der Waals surface area contributed by atoms with Crippen LogP contribution in [0.25, 0.3) is 10.9 Å². The van der Waals surface area contributed by atoms with Crippen molar-refractivity contribution in [3.05, 3.63) is 53.3 Å². The van der Waals surface area contributed by atoms with E-state index in [1.54, 1.807) is 26.2 Å². The van der Waals surface area contributed by atoms with Gasteiger partial charge < -0.3 is 19.9 Å². The Morgan fingerprint density at radius 3 is 2.68 bits per heavy atom. The van der Waals surface area contributed by atoms with Crippen LogP contribution >= 0.6 is 0 Å². The number of aromatic nitrogens is 2. The Morgan fingerprint density at radius 2 is 2.00 bits per heavy atom. The third kappa shape index (κ3) is 5.20. The number of nitrogens with zero attached hydrogens (tertiary/aromatic N) is 3. The third-order valence-electron chi connectivity index (χ3n) is 7.72. The smallest absolute Gasteiger partial charge is 0.295 e. The number of benzene rings is 2. The van der Waals surface area contributed by atoms with Crippen molar-refractivity contribution in [2.45, 2.75) is 51.1 Å². The first-order valence-corrected chi connectivity index (χ1v) is 12.7. The van der Waals surface area contributed by atoms with Crippen LogP contribution in [0.5, 0.6) is 11.5 Å². The monoisotopic (exact) mass is 512 g/mol. The Morgan fingerprint density at radius 1 is 1.22 bits per heavy atom. The fraction of sp³-hybridized carbons (Fsp3) is 0.500. The molecule has 198 valence electrons. The molecule has 2 aliphatic rings. The lowest BCUT2D eigenvalue weighted by Gasteiger charge is -2.22. The maximum atomic E-state index is 14.1. The van der Waals surface area contributed by atoms with Crippen molar-refractivity contribution in [3.8, 4) is 11.5 Å². The molecule has 2 aromatic carbocycles. The van der Waals surface area contributed by atoms with E-state index in [-0.39, 0.29) is 11.6 Å². The van der Waals surface area contributed by atoms with Crippen molar-refractivity contribution < 1.29 is 23.4 Å². The Kier molecular flexibility index (Phi) is 6.70. The number of aliphatic hydroxyl groups is 1. The van der Waals surface area contributed by atoms with E-state index in [1.807, 2.05) is 19.1 Å². The standard InChI is InChI=1S/C28H34F2N4O3/c1-17(19-6-5-7-20(10-19)28(29,30)16-35)31-26-22-11-25(24(36-4)12-23(22)32-18(2)33-26)37-14-21-13-27(8-9-27)15-34(21)3/h5-7,10-12,17,21,35H,8-9,13-16H2,1-4H3,(H,31,32,33)/t17-,21+/m1/s1. The second-order valence-corrected chi connectivity index (χ2v) is 10.6. The molecule has 7 nitrogen and oxygen atoms in total. The number of likely N-dealkylation sites (tertiary alicyclic amines) is 1. The number of likely N-dealkylation sites (N-methyl/N-ethyl adjacent to an activating group) is 1. The number of fused-ring (bicyclic) bond motifs is 1. The van der Waals surface area contributed by atoms with Gasteiger partial charge in [-0.3, -0.25) is 4.90 Å². The van der Waals surface area contributed by atoms with Crippen LogP contribution in [0.15, 0.2) is 36.4 Å². The Hall–Kier alpha value is -3.04. The maximum absolute atomic E-state index is 14.1. The van der Waals surface area contributed by atoms with Crippen LogP contribution in [0.2, 0.25) is 0 Å². The molecule has 2 N–H and O–H groups in total. The van der Waals surface area contributed by atoms with Crippen molar-refractivity contribution >= 4 is 16.7 Å². The summed E-state index contributed by atoms with van der Waals surface area (Å²) in [6.45, 7) is 4.14. The molecule has 1 aliphatic heterocycles. The number of hydrogen-bond acceptors (Lipinski definition) is 7. The van der Waals surface area contributed by atoms with E-state index in [9.17, 15) is 8.78 Å². The van der Waals surface area contributed by atoms with Gasteiger partial charge in [-0.15, -0.1) is 0 Å². The van der Waals surface area contributed by atoms with E-state index in [1.165, 1.54) is 25.0 Å². The molecule has 0 unspecified atom stereocenters. The fourth-order valence-corrected chi connectivity index (χ4v) is 5.34. The minimum absolute atomic E-state index is 0.227. The molecule has 1 aromatic heterocycles. The van der Waals surface area contributed by atoms with Gasteiger partial charge in [0.15, 0.2) is 11.5 Å². The van der Waals surface area contributed by atoms with Crippen LogP contribution in [-0.2, 0) is 5.92 Å². The lowest BCUT2D eigenvalue weighted by Crippen LogP contribution is -2.30. The van der Waals surface area contributed by atoms with Gasteiger partial charge in [-0.05, 0) is 63.3 Å². The molecule has 0 radical (unpaired) electrons. The summed E-state index contributed by atoms with van der Waals surface area (Å²) in [6, 6.07) is 9.83. The zero-order valence-corrected chi connectivity index (χ0v) is 21.7. The summed E-state index contributed by atoms with van der Waals surface area (Å²) in [6.07, 6.45) is 3.76. The lowest BCUT2D eigenvalue weighted by atomic mass is 10.0. The topological polar surface area (TPSA) is 79.7 Å². The van der Waals surface area contributed by atoms with Gasteiger partial charge in [0.2, 0.25) is 0 Å². The van der Waals surface area contributed by atoms with Crippen LogP contribution < -0.4 is 14.8 Å². The number of nitrogens with one attached hydrogen (secondary N) is 1. The first-order chi connectivity index (χ1) is 17.6. The number of aliphatic hydroxyl groups excluding tert-OH is 1. The van der Waals surface area contributed by atoms with Crippen LogP contribution in [0.1, 0.15) is 49.2 Å². The number of aryl methyl sites for hydroxylation is 1. The van der Waals surface area contributed by atoms with Gasteiger partial charge in [0.1, 0.15) is 24.9 Å².